The molecule has 0 amide bonds. The first-order chi connectivity index (χ1) is 8.59. The number of nitrogens with two attached hydrogens (primary N) is 1. The fourth-order valence-corrected chi connectivity index (χ4v) is 1.79. The number of hydrogen-bond acceptors (Lipinski definition) is 2. The first-order valence-electron chi connectivity index (χ1n) is 5.43. The van der Waals surface area contributed by atoms with E-state index in [1.165, 1.54) is 12.1 Å². The molecule has 2 rings (SSSR count). The van der Waals surface area contributed by atoms with E-state index in [0.29, 0.717) is 11.1 Å². The van der Waals surface area contributed by atoms with Crippen molar-refractivity contribution in [2.45, 2.75) is 6.04 Å². The van der Waals surface area contributed by atoms with Gasteiger partial charge in [-0.3, -0.25) is 4.79 Å². The van der Waals surface area contributed by atoms with Crippen molar-refractivity contribution in [2.75, 3.05) is 0 Å². The van der Waals surface area contributed by atoms with Crippen LogP contribution in [-0.2, 0) is 4.79 Å². The number of carboxylic acid groups (broad SMARTS) is 1. The highest BCUT2D eigenvalue weighted by Gasteiger charge is 2.18. The quantitative estimate of drug-likeness (QED) is 0.873. The van der Waals surface area contributed by atoms with Gasteiger partial charge >= 0.3 is 5.97 Å². The van der Waals surface area contributed by atoms with Crippen LogP contribution in [0.1, 0.15) is 11.6 Å². The molecule has 2 aromatic carbocycles. The van der Waals surface area contributed by atoms with Gasteiger partial charge in [-0.15, -0.1) is 0 Å². The lowest BCUT2D eigenvalue weighted by molar-refractivity contribution is -0.138. The Morgan fingerprint density at radius 1 is 1.11 bits per heavy atom. The van der Waals surface area contributed by atoms with Crippen LogP contribution in [0.25, 0.3) is 11.1 Å². The molecular formula is C14H12FNO2. The summed E-state index contributed by atoms with van der Waals surface area (Å²) >= 11 is 0. The van der Waals surface area contributed by atoms with Crippen molar-refractivity contribution in [3.63, 3.8) is 0 Å². The third kappa shape index (κ3) is 2.38. The Balaban J connectivity index is 2.51. The molecule has 92 valence electrons. The van der Waals surface area contributed by atoms with Gasteiger partial charge in [0, 0.05) is 0 Å². The molecule has 0 saturated heterocycles. The van der Waals surface area contributed by atoms with E-state index in [0.717, 1.165) is 5.56 Å². The molecule has 0 heterocycles. The van der Waals surface area contributed by atoms with Crippen LogP contribution < -0.4 is 5.73 Å². The zero-order valence-electron chi connectivity index (χ0n) is 9.51. The lowest BCUT2D eigenvalue weighted by atomic mass is 9.95. The molecular weight excluding hydrogens is 233 g/mol. The summed E-state index contributed by atoms with van der Waals surface area (Å²) in [4.78, 5) is 11.0. The summed E-state index contributed by atoms with van der Waals surface area (Å²) in [7, 11) is 0. The average Bonchev–Trinajstić information content (AvgIpc) is 2.39. The summed E-state index contributed by atoms with van der Waals surface area (Å²) in [6.07, 6.45) is 0. The maximum absolute atomic E-state index is 12.9. The fraction of sp³-hybridized carbons (Fsp3) is 0.0714. The van der Waals surface area contributed by atoms with Crippen LogP contribution in [0.15, 0.2) is 48.5 Å². The predicted molar refractivity (Wildman–Crippen MR) is 66.4 cm³/mol. The Labute approximate surface area is 104 Å². The van der Waals surface area contributed by atoms with E-state index in [1.54, 1.807) is 36.4 Å². The molecule has 0 aliphatic rings. The normalized spacial score (nSPS) is 12.1. The molecule has 0 fully saturated rings. The minimum absolute atomic E-state index is 0.334. The van der Waals surface area contributed by atoms with Crippen molar-refractivity contribution in [1.29, 1.82) is 0 Å². The first-order valence-corrected chi connectivity index (χ1v) is 5.43. The minimum Gasteiger partial charge on any atom is -0.480 e. The van der Waals surface area contributed by atoms with Gasteiger partial charge in [-0.2, -0.15) is 0 Å². The van der Waals surface area contributed by atoms with E-state index in [-0.39, 0.29) is 5.82 Å². The zero-order valence-corrected chi connectivity index (χ0v) is 9.51. The van der Waals surface area contributed by atoms with Crippen LogP contribution in [0, 0.1) is 5.82 Å². The molecule has 18 heavy (non-hydrogen) atoms. The summed E-state index contributed by atoms with van der Waals surface area (Å²) in [5.74, 6) is -1.43. The highest BCUT2D eigenvalue weighted by Crippen LogP contribution is 2.27. The predicted octanol–water partition coefficient (Wildman–Crippen LogP) is 2.58. The molecule has 3 N–H and O–H groups in total. The maximum Gasteiger partial charge on any atom is 0.325 e. The molecule has 0 bridgehead atoms. The van der Waals surface area contributed by atoms with E-state index >= 15 is 0 Å². The first kappa shape index (κ1) is 12.3. The summed E-state index contributed by atoms with van der Waals surface area (Å²) in [5.41, 5.74) is 7.58. The number of carboxylic acids is 1. The standard InChI is InChI=1S/C14H12FNO2/c15-10-7-5-9(6-8-10)11-3-1-2-4-12(11)13(16)14(17)18/h1-8,13H,16H2,(H,17,18)/t13-/m0/s1. The van der Waals surface area contributed by atoms with E-state index in [4.69, 9.17) is 10.8 Å². The Morgan fingerprint density at radius 2 is 1.72 bits per heavy atom. The number of benzene rings is 2. The number of halogens is 1. The molecule has 0 radical (unpaired) electrons. The second-order valence-electron chi connectivity index (χ2n) is 3.91. The summed E-state index contributed by atoms with van der Waals surface area (Å²) < 4.78 is 12.9. The molecule has 3 nitrogen and oxygen atoms in total. The van der Waals surface area contributed by atoms with Crippen LogP contribution in [0.4, 0.5) is 4.39 Å². The molecule has 0 unspecified atom stereocenters. The molecule has 0 spiro atoms. The fourth-order valence-electron chi connectivity index (χ4n) is 1.79. The molecule has 0 saturated carbocycles. The van der Waals surface area contributed by atoms with E-state index in [2.05, 4.69) is 0 Å². The summed E-state index contributed by atoms with van der Waals surface area (Å²) in [6.45, 7) is 0. The molecule has 2 aromatic rings. The monoisotopic (exact) mass is 245 g/mol. The van der Waals surface area contributed by atoms with Gasteiger partial charge < -0.3 is 10.8 Å². The smallest absolute Gasteiger partial charge is 0.325 e. The second-order valence-corrected chi connectivity index (χ2v) is 3.91. The third-order valence-corrected chi connectivity index (χ3v) is 2.72. The number of rotatable bonds is 3. The van der Waals surface area contributed by atoms with Gasteiger partial charge in [0.05, 0.1) is 0 Å². The van der Waals surface area contributed by atoms with Gasteiger partial charge in [0.1, 0.15) is 11.9 Å². The SMILES string of the molecule is N[C@H](C(=O)O)c1ccccc1-c1ccc(F)cc1. The van der Waals surface area contributed by atoms with Gasteiger partial charge in [0.15, 0.2) is 0 Å². The molecule has 0 aliphatic heterocycles. The van der Waals surface area contributed by atoms with E-state index < -0.39 is 12.0 Å². The zero-order chi connectivity index (χ0) is 13.1. The number of aliphatic carboxylic acids is 1. The van der Waals surface area contributed by atoms with Crippen molar-refractivity contribution in [1.82, 2.24) is 0 Å². The van der Waals surface area contributed by atoms with Crippen molar-refractivity contribution >= 4 is 5.97 Å². The molecule has 4 heteroatoms. The van der Waals surface area contributed by atoms with Crippen molar-refractivity contribution < 1.29 is 14.3 Å². The maximum atomic E-state index is 12.9. The second kappa shape index (κ2) is 4.98. The lowest BCUT2D eigenvalue weighted by Gasteiger charge is -2.13. The Hall–Kier alpha value is -2.20. The van der Waals surface area contributed by atoms with E-state index in [9.17, 15) is 9.18 Å². The Morgan fingerprint density at radius 3 is 2.33 bits per heavy atom. The highest BCUT2D eigenvalue weighted by atomic mass is 19.1. The summed E-state index contributed by atoms with van der Waals surface area (Å²) in [6, 6.07) is 11.7. The van der Waals surface area contributed by atoms with Gasteiger partial charge in [0.2, 0.25) is 0 Å². The van der Waals surface area contributed by atoms with Crippen molar-refractivity contribution in [3.05, 3.63) is 59.9 Å². The minimum atomic E-state index is -1.09. The third-order valence-electron chi connectivity index (χ3n) is 2.72. The highest BCUT2D eigenvalue weighted by molar-refractivity contribution is 5.80. The van der Waals surface area contributed by atoms with Crippen molar-refractivity contribution in [2.24, 2.45) is 5.73 Å². The van der Waals surface area contributed by atoms with Gasteiger partial charge in [-0.25, -0.2) is 4.39 Å². The Kier molecular flexibility index (Phi) is 3.39. The molecule has 1 atom stereocenters. The van der Waals surface area contributed by atoms with Crippen LogP contribution in [0.3, 0.4) is 0 Å². The van der Waals surface area contributed by atoms with Gasteiger partial charge in [0.25, 0.3) is 0 Å². The summed E-state index contributed by atoms with van der Waals surface area (Å²) in [5, 5.41) is 8.97. The van der Waals surface area contributed by atoms with Gasteiger partial charge in [-0.1, -0.05) is 36.4 Å². The largest absolute Gasteiger partial charge is 0.480 e. The lowest BCUT2D eigenvalue weighted by Crippen LogP contribution is -2.21. The topological polar surface area (TPSA) is 63.3 Å². The average molecular weight is 245 g/mol. The number of carbonyl (C=O) groups is 1. The number of hydrogen-bond donors (Lipinski definition) is 2. The van der Waals surface area contributed by atoms with Crippen LogP contribution in [-0.4, -0.2) is 11.1 Å². The van der Waals surface area contributed by atoms with Gasteiger partial charge in [-0.05, 0) is 28.8 Å². The van der Waals surface area contributed by atoms with Crippen molar-refractivity contribution in [3.8, 4) is 11.1 Å². The van der Waals surface area contributed by atoms with Crippen LogP contribution >= 0.6 is 0 Å². The molecule has 0 aromatic heterocycles. The Bertz CT molecular complexity index is 566. The molecule has 0 aliphatic carbocycles. The van der Waals surface area contributed by atoms with Crippen LogP contribution in [0.2, 0.25) is 0 Å². The van der Waals surface area contributed by atoms with E-state index in [1.807, 2.05) is 0 Å². The van der Waals surface area contributed by atoms with Crippen LogP contribution in [0.5, 0.6) is 0 Å².